The third-order valence-corrected chi connectivity index (χ3v) is 6.45. The predicted molar refractivity (Wildman–Crippen MR) is 145 cm³/mol. The number of aryl methyl sites for hydroxylation is 1. The van der Waals surface area contributed by atoms with Gasteiger partial charge >= 0.3 is 6.03 Å². The number of methoxy groups -OCH3 is 1. The summed E-state index contributed by atoms with van der Waals surface area (Å²) in [6.45, 7) is 6.58. The molecule has 1 saturated heterocycles. The Bertz CT molecular complexity index is 1220. The third-order valence-electron chi connectivity index (χ3n) is 6.45. The highest BCUT2D eigenvalue weighted by Crippen LogP contribution is 2.23. The van der Waals surface area contributed by atoms with Crippen LogP contribution in [0.2, 0.25) is 0 Å². The number of benzene rings is 1. The van der Waals surface area contributed by atoms with Gasteiger partial charge in [0.25, 0.3) is 0 Å². The topological polar surface area (TPSA) is 118 Å². The molecule has 1 unspecified atom stereocenters. The smallest absolute Gasteiger partial charge is 0.317 e. The molecule has 202 valence electrons. The van der Waals surface area contributed by atoms with Crippen LogP contribution in [-0.2, 0) is 11.2 Å². The van der Waals surface area contributed by atoms with Gasteiger partial charge in [0.05, 0.1) is 13.2 Å². The van der Waals surface area contributed by atoms with Crippen molar-refractivity contribution in [3.8, 4) is 11.7 Å². The molecule has 1 aliphatic heterocycles. The van der Waals surface area contributed by atoms with Gasteiger partial charge in [0.1, 0.15) is 17.9 Å². The van der Waals surface area contributed by atoms with Crippen LogP contribution in [-0.4, -0.2) is 82.2 Å². The second-order valence-electron chi connectivity index (χ2n) is 9.32. The van der Waals surface area contributed by atoms with Crippen molar-refractivity contribution >= 4 is 17.8 Å². The van der Waals surface area contributed by atoms with Gasteiger partial charge < -0.3 is 25.2 Å². The van der Waals surface area contributed by atoms with Gasteiger partial charge in [0, 0.05) is 63.3 Å². The molecule has 11 nitrogen and oxygen atoms in total. The van der Waals surface area contributed by atoms with E-state index >= 15 is 0 Å². The SMILES string of the molecule is CCCNC(=O)N1CCN(c2cc(C)nc(-n3ccnc3)n2)C(CC(=O)NCCc2cccc(OC)c2)C1. The molecule has 0 spiro atoms. The second-order valence-corrected chi connectivity index (χ2v) is 9.32. The lowest BCUT2D eigenvalue weighted by Gasteiger charge is -2.42. The first kappa shape index (κ1) is 26.9. The van der Waals surface area contributed by atoms with Crippen LogP contribution in [0.4, 0.5) is 10.6 Å². The maximum Gasteiger partial charge on any atom is 0.317 e. The van der Waals surface area contributed by atoms with Crippen LogP contribution >= 0.6 is 0 Å². The maximum atomic E-state index is 13.0. The molecule has 38 heavy (non-hydrogen) atoms. The van der Waals surface area contributed by atoms with Crippen LogP contribution in [0.15, 0.2) is 49.1 Å². The average molecular weight is 521 g/mol. The van der Waals surface area contributed by atoms with Crippen molar-refractivity contribution in [1.82, 2.24) is 35.1 Å². The number of amides is 3. The van der Waals surface area contributed by atoms with Gasteiger partial charge in [-0.05, 0) is 37.5 Å². The monoisotopic (exact) mass is 520 g/mol. The molecule has 11 heteroatoms. The Hall–Kier alpha value is -4.15. The van der Waals surface area contributed by atoms with Crippen LogP contribution in [0.25, 0.3) is 5.95 Å². The summed E-state index contributed by atoms with van der Waals surface area (Å²) in [5, 5.41) is 5.99. The molecule has 2 aromatic heterocycles. The van der Waals surface area contributed by atoms with E-state index in [9.17, 15) is 9.59 Å². The number of carbonyl (C=O) groups excluding carboxylic acids is 2. The van der Waals surface area contributed by atoms with E-state index in [2.05, 4.69) is 25.5 Å². The summed E-state index contributed by atoms with van der Waals surface area (Å²) in [4.78, 5) is 43.1. The third kappa shape index (κ3) is 6.99. The lowest BCUT2D eigenvalue weighted by atomic mass is 10.1. The minimum absolute atomic E-state index is 0.0701. The molecule has 0 bridgehead atoms. The summed E-state index contributed by atoms with van der Waals surface area (Å²) in [6, 6.07) is 9.40. The highest BCUT2D eigenvalue weighted by Gasteiger charge is 2.32. The second kappa shape index (κ2) is 12.9. The number of nitrogens with zero attached hydrogens (tertiary/aromatic N) is 6. The first-order valence-electron chi connectivity index (χ1n) is 13.0. The number of piperazine rings is 1. The van der Waals surface area contributed by atoms with Crippen molar-refractivity contribution in [3.63, 3.8) is 0 Å². The number of carbonyl (C=O) groups is 2. The molecule has 1 aliphatic rings. The average Bonchev–Trinajstić information content (AvgIpc) is 3.47. The van der Waals surface area contributed by atoms with Crippen molar-refractivity contribution in [1.29, 1.82) is 0 Å². The largest absolute Gasteiger partial charge is 0.497 e. The van der Waals surface area contributed by atoms with E-state index in [0.717, 1.165) is 29.2 Å². The number of urea groups is 1. The number of hydrogen-bond donors (Lipinski definition) is 2. The van der Waals surface area contributed by atoms with E-state index in [0.29, 0.717) is 45.1 Å². The Balaban J connectivity index is 1.47. The first-order chi connectivity index (χ1) is 18.5. The molecule has 1 fully saturated rings. The molecule has 3 amide bonds. The van der Waals surface area contributed by atoms with Gasteiger partial charge in [0.15, 0.2) is 0 Å². The highest BCUT2D eigenvalue weighted by atomic mass is 16.5. The van der Waals surface area contributed by atoms with E-state index in [1.54, 1.807) is 35.3 Å². The van der Waals surface area contributed by atoms with Crippen molar-refractivity contribution in [2.45, 2.75) is 39.2 Å². The summed E-state index contributed by atoms with van der Waals surface area (Å²) in [7, 11) is 1.64. The lowest BCUT2D eigenvalue weighted by molar-refractivity contribution is -0.121. The number of nitrogens with one attached hydrogen (secondary N) is 2. The fourth-order valence-electron chi connectivity index (χ4n) is 4.50. The molecule has 1 aromatic carbocycles. The Morgan fingerprint density at radius 1 is 1.13 bits per heavy atom. The van der Waals surface area contributed by atoms with Gasteiger partial charge in [-0.3, -0.25) is 9.36 Å². The Morgan fingerprint density at radius 3 is 2.76 bits per heavy atom. The van der Waals surface area contributed by atoms with Crippen molar-refractivity contribution in [2.75, 3.05) is 44.7 Å². The minimum Gasteiger partial charge on any atom is -0.497 e. The molecular formula is C27H36N8O3. The quantitative estimate of drug-likeness (QED) is 0.421. The molecule has 0 saturated carbocycles. The number of aromatic nitrogens is 4. The van der Waals surface area contributed by atoms with Crippen LogP contribution in [0.5, 0.6) is 5.75 Å². The van der Waals surface area contributed by atoms with Gasteiger partial charge in [-0.25, -0.2) is 14.8 Å². The molecule has 3 heterocycles. The van der Waals surface area contributed by atoms with Crippen molar-refractivity contribution < 1.29 is 14.3 Å². The van der Waals surface area contributed by atoms with E-state index in [1.807, 2.05) is 44.2 Å². The first-order valence-corrected chi connectivity index (χ1v) is 13.0. The summed E-state index contributed by atoms with van der Waals surface area (Å²) in [5.74, 6) is 1.97. The van der Waals surface area contributed by atoms with E-state index in [-0.39, 0.29) is 24.4 Å². The van der Waals surface area contributed by atoms with Gasteiger partial charge in [-0.1, -0.05) is 19.1 Å². The van der Waals surface area contributed by atoms with Gasteiger partial charge in [-0.2, -0.15) is 4.98 Å². The maximum absolute atomic E-state index is 13.0. The van der Waals surface area contributed by atoms with Crippen LogP contribution in [0, 0.1) is 6.92 Å². The fraction of sp³-hybridized carbons (Fsp3) is 0.444. The summed E-state index contributed by atoms with van der Waals surface area (Å²) < 4.78 is 7.04. The zero-order valence-corrected chi connectivity index (χ0v) is 22.3. The summed E-state index contributed by atoms with van der Waals surface area (Å²) in [5.41, 5.74) is 1.90. The molecule has 1 atom stereocenters. The molecular weight excluding hydrogens is 484 g/mol. The fourth-order valence-corrected chi connectivity index (χ4v) is 4.50. The Morgan fingerprint density at radius 2 is 2.00 bits per heavy atom. The van der Waals surface area contributed by atoms with Crippen molar-refractivity contribution in [3.05, 3.63) is 60.3 Å². The standard InChI is InChI=1S/C27H36N8O3/c1-4-9-30-27(37)33-13-14-35(24-15-20(2)31-26(32-24)34-12-11-28-19-34)22(18-33)17-25(36)29-10-8-21-6-5-7-23(16-21)38-3/h5-7,11-12,15-16,19,22H,4,8-10,13-14,17-18H2,1-3H3,(H,29,36)(H,30,37). The molecule has 4 rings (SSSR count). The van der Waals surface area contributed by atoms with Crippen LogP contribution in [0.3, 0.4) is 0 Å². The Labute approximate surface area is 223 Å². The van der Waals surface area contributed by atoms with E-state index in [1.165, 1.54) is 0 Å². The van der Waals surface area contributed by atoms with Gasteiger partial charge in [0.2, 0.25) is 11.9 Å². The zero-order chi connectivity index (χ0) is 26.9. The van der Waals surface area contributed by atoms with Gasteiger partial charge in [-0.15, -0.1) is 0 Å². The van der Waals surface area contributed by atoms with E-state index < -0.39 is 0 Å². The molecule has 3 aromatic rings. The van der Waals surface area contributed by atoms with E-state index in [4.69, 9.17) is 9.72 Å². The van der Waals surface area contributed by atoms with Crippen molar-refractivity contribution in [2.24, 2.45) is 0 Å². The minimum atomic E-state index is -0.238. The highest BCUT2D eigenvalue weighted by molar-refractivity contribution is 5.78. The molecule has 2 N–H and O–H groups in total. The molecule has 0 radical (unpaired) electrons. The number of imidazole rings is 1. The number of anilines is 1. The van der Waals surface area contributed by atoms with Crippen LogP contribution in [0.1, 0.15) is 31.0 Å². The summed E-state index contributed by atoms with van der Waals surface area (Å²) >= 11 is 0. The molecule has 0 aliphatic carbocycles. The number of hydrogen-bond acceptors (Lipinski definition) is 7. The number of rotatable bonds is 10. The number of ether oxygens (including phenoxy) is 1. The Kier molecular flexibility index (Phi) is 9.12. The predicted octanol–water partition coefficient (Wildman–Crippen LogP) is 2.34. The normalized spacial score (nSPS) is 15.3. The van der Waals surface area contributed by atoms with Crippen LogP contribution < -0.4 is 20.3 Å². The summed E-state index contributed by atoms with van der Waals surface area (Å²) in [6.07, 6.45) is 6.92. The lowest BCUT2D eigenvalue weighted by Crippen LogP contribution is -2.58. The zero-order valence-electron chi connectivity index (χ0n) is 22.3.